The van der Waals surface area contributed by atoms with Gasteiger partial charge in [-0.25, -0.2) is 5.43 Å². The highest BCUT2D eigenvalue weighted by molar-refractivity contribution is 6.08. The van der Waals surface area contributed by atoms with Crippen LogP contribution in [0, 0.1) is 11.3 Å². The second-order valence-corrected chi connectivity index (χ2v) is 7.48. The molecule has 0 bridgehead atoms. The second-order valence-electron chi connectivity index (χ2n) is 7.48. The molecule has 0 atom stereocenters. The van der Waals surface area contributed by atoms with Crippen molar-refractivity contribution in [3.8, 4) is 6.07 Å². The summed E-state index contributed by atoms with van der Waals surface area (Å²) in [4.78, 5) is 26.7. The molecule has 4 rings (SSSR count). The Morgan fingerprint density at radius 2 is 1.91 bits per heavy atom. The van der Waals surface area contributed by atoms with Gasteiger partial charge in [-0.2, -0.15) is 5.26 Å². The number of benzene rings is 2. The maximum absolute atomic E-state index is 13.4. The Hall–Kier alpha value is -4.19. The summed E-state index contributed by atoms with van der Waals surface area (Å²) in [6, 6.07) is 16.1. The van der Waals surface area contributed by atoms with Crippen LogP contribution in [-0.2, 0) is 4.79 Å². The molecular formula is C25H23N5O3. The fourth-order valence-electron chi connectivity index (χ4n) is 3.80. The molecule has 2 aromatic rings. The maximum atomic E-state index is 13.4. The van der Waals surface area contributed by atoms with Crippen LogP contribution in [0.2, 0.25) is 0 Å². The van der Waals surface area contributed by atoms with Crippen molar-refractivity contribution in [2.45, 2.75) is 0 Å². The number of nitrogens with zero attached hydrogens (tertiary/aromatic N) is 3. The number of hydrogen-bond acceptors (Lipinski definition) is 6. The van der Waals surface area contributed by atoms with Gasteiger partial charge >= 0.3 is 0 Å². The number of aliphatic hydroxyl groups is 1. The third kappa shape index (κ3) is 4.41. The molecule has 166 valence electrons. The van der Waals surface area contributed by atoms with Crippen molar-refractivity contribution in [1.29, 1.82) is 5.26 Å². The highest BCUT2D eigenvalue weighted by Crippen LogP contribution is 2.31. The smallest absolute Gasteiger partial charge is 0.258 e. The van der Waals surface area contributed by atoms with E-state index in [9.17, 15) is 14.7 Å². The summed E-state index contributed by atoms with van der Waals surface area (Å²) in [5.41, 5.74) is 8.21. The molecule has 0 aliphatic carbocycles. The van der Waals surface area contributed by atoms with E-state index in [4.69, 9.17) is 5.26 Å². The molecule has 2 aliphatic rings. The van der Waals surface area contributed by atoms with Crippen LogP contribution in [0.15, 0.2) is 78.2 Å². The van der Waals surface area contributed by atoms with Crippen molar-refractivity contribution in [1.82, 2.24) is 15.8 Å². The lowest BCUT2D eigenvalue weighted by Gasteiger charge is -2.25. The maximum Gasteiger partial charge on any atom is 0.258 e. The molecule has 2 amide bonds. The Morgan fingerprint density at radius 3 is 2.55 bits per heavy atom. The molecule has 2 aromatic carbocycles. The molecule has 2 aliphatic heterocycles. The van der Waals surface area contributed by atoms with Crippen molar-refractivity contribution in [2.75, 3.05) is 31.6 Å². The standard InChI is InChI=1S/C25H23N5O3/c1-27-24(32)19-6-4-18(5-7-19)22-16-28-30-11-10-20(14-23(22)30)25(33)29(12-13-31)21-8-2-17(15-26)3-9-21/h2-11,14,28,31H,12-13,16H2,1H3,(H,27,32). The number of rotatable bonds is 6. The molecule has 2 heterocycles. The summed E-state index contributed by atoms with van der Waals surface area (Å²) < 4.78 is 0. The van der Waals surface area contributed by atoms with E-state index in [1.54, 1.807) is 55.7 Å². The number of nitrogens with one attached hydrogen (secondary N) is 2. The summed E-state index contributed by atoms with van der Waals surface area (Å²) in [5.74, 6) is -0.399. The van der Waals surface area contributed by atoms with E-state index < -0.39 is 0 Å². The topological polar surface area (TPSA) is 109 Å². The van der Waals surface area contributed by atoms with Gasteiger partial charge in [0.1, 0.15) is 0 Å². The van der Waals surface area contributed by atoms with Gasteiger partial charge in [0.25, 0.3) is 11.8 Å². The number of hydrazine groups is 1. The first-order chi connectivity index (χ1) is 16.0. The number of anilines is 1. The first kappa shape index (κ1) is 22.0. The highest BCUT2D eigenvalue weighted by Gasteiger charge is 2.27. The molecule has 0 radical (unpaired) electrons. The van der Waals surface area contributed by atoms with E-state index in [0.717, 1.165) is 16.8 Å². The molecule has 0 unspecified atom stereocenters. The van der Waals surface area contributed by atoms with Crippen LogP contribution >= 0.6 is 0 Å². The number of amides is 2. The highest BCUT2D eigenvalue weighted by atomic mass is 16.3. The molecular weight excluding hydrogens is 418 g/mol. The first-order valence-electron chi connectivity index (χ1n) is 10.5. The zero-order chi connectivity index (χ0) is 23.4. The molecule has 8 nitrogen and oxygen atoms in total. The van der Waals surface area contributed by atoms with Crippen LogP contribution in [-0.4, -0.2) is 48.7 Å². The predicted molar refractivity (Wildman–Crippen MR) is 124 cm³/mol. The number of fused-ring (bicyclic) bond motifs is 1. The van der Waals surface area contributed by atoms with Gasteiger partial charge < -0.3 is 15.3 Å². The summed E-state index contributed by atoms with van der Waals surface area (Å²) in [5, 5.41) is 23.0. The van der Waals surface area contributed by atoms with Crippen molar-refractivity contribution in [3.63, 3.8) is 0 Å². The zero-order valence-electron chi connectivity index (χ0n) is 18.1. The van der Waals surface area contributed by atoms with E-state index in [-0.39, 0.29) is 25.0 Å². The molecule has 0 saturated carbocycles. The Labute approximate surface area is 191 Å². The van der Waals surface area contributed by atoms with Crippen LogP contribution in [0.4, 0.5) is 5.69 Å². The first-order valence-corrected chi connectivity index (χ1v) is 10.5. The quantitative estimate of drug-likeness (QED) is 0.632. The Morgan fingerprint density at radius 1 is 1.18 bits per heavy atom. The average Bonchev–Trinajstić information content (AvgIpc) is 3.30. The third-order valence-corrected chi connectivity index (χ3v) is 5.54. The average molecular weight is 441 g/mol. The Bertz CT molecular complexity index is 1200. The van der Waals surface area contributed by atoms with Gasteiger partial charge in [0.15, 0.2) is 0 Å². The van der Waals surface area contributed by atoms with Gasteiger partial charge in [0.2, 0.25) is 0 Å². The minimum Gasteiger partial charge on any atom is -0.395 e. The van der Waals surface area contributed by atoms with Crippen LogP contribution in [0.25, 0.3) is 5.57 Å². The summed E-state index contributed by atoms with van der Waals surface area (Å²) in [7, 11) is 1.59. The molecule has 0 saturated heterocycles. The van der Waals surface area contributed by atoms with Crippen molar-refractivity contribution in [2.24, 2.45) is 0 Å². The van der Waals surface area contributed by atoms with Crippen LogP contribution in [0.3, 0.4) is 0 Å². The van der Waals surface area contributed by atoms with Gasteiger partial charge in [-0.05, 0) is 54.1 Å². The van der Waals surface area contributed by atoms with E-state index in [0.29, 0.717) is 28.9 Å². The van der Waals surface area contributed by atoms with Crippen molar-refractivity contribution >= 4 is 23.1 Å². The normalized spacial score (nSPS) is 14.5. The van der Waals surface area contributed by atoms with E-state index in [1.165, 1.54) is 4.90 Å². The molecule has 0 fully saturated rings. The van der Waals surface area contributed by atoms with Crippen LogP contribution in [0.1, 0.15) is 21.5 Å². The third-order valence-electron chi connectivity index (χ3n) is 5.54. The van der Waals surface area contributed by atoms with Gasteiger partial charge in [0, 0.05) is 48.7 Å². The van der Waals surface area contributed by atoms with E-state index in [1.807, 2.05) is 23.2 Å². The van der Waals surface area contributed by atoms with E-state index >= 15 is 0 Å². The second kappa shape index (κ2) is 9.53. The van der Waals surface area contributed by atoms with Crippen LogP contribution in [0.5, 0.6) is 0 Å². The van der Waals surface area contributed by atoms with Gasteiger partial charge in [0.05, 0.1) is 23.9 Å². The summed E-state index contributed by atoms with van der Waals surface area (Å²) >= 11 is 0. The lowest BCUT2D eigenvalue weighted by atomic mass is 10.00. The number of hydrogen-bond donors (Lipinski definition) is 3. The minimum absolute atomic E-state index is 0.130. The Balaban J connectivity index is 1.65. The fourth-order valence-corrected chi connectivity index (χ4v) is 3.80. The van der Waals surface area contributed by atoms with Crippen molar-refractivity contribution in [3.05, 3.63) is 94.8 Å². The zero-order valence-corrected chi connectivity index (χ0v) is 18.1. The lowest BCUT2D eigenvalue weighted by molar-refractivity contribution is -0.115. The number of aliphatic hydroxyl groups excluding tert-OH is 1. The number of allylic oxidation sites excluding steroid dienone is 1. The van der Waals surface area contributed by atoms with Crippen LogP contribution < -0.4 is 15.6 Å². The fraction of sp³-hybridized carbons (Fsp3) is 0.160. The summed E-state index contributed by atoms with van der Waals surface area (Å²) in [6.45, 7) is 0.514. The van der Waals surface area contributed by atoms with E-state index in [2.05, 4.69) is 16.8 Å². The number of carbonyl (C=O) groups is 2. The molecule has 33 heavy (non-hydrogen) atoms. The molecule has 3 N–H and O–H groups in total. The molecule has 8 heteroatoms. The van der Waals surface area contributed by atoms with Crippen molar-refractivity contribution < 1.29 is 14.7 Å². The minimum atomic E-state index is -0.252. The predicted octanol–water partition coefficient (Wildman–Crippen LogP) is 1.93. The summed E-state index contributed by atoms with van der Waals surface area (Å²) in [6.07, 6.45) is 5.34. The number of nitriles is 1. The lowest BCUT2D eigenvalue weighted by Crippen LogP contribution is -2.36. The number of carbonyl (C=O) groups excluding carboxylic acids is 2. The van der Waals surface area contributed by atoms with Gasteiger partial charge in [-0.3, -0.25) is 14.6 Å². The Kier molecular flexibility index (Phi) is 6.36. The van der Waals surface area contributed by atoms with Gasteiger partial charge in [-0.15, -0.1) is 0 Å². The monoisotopic (exact) mass is 441 g/mol. The molecule has 0 aromatic heterocycles. The SMILES string of the molecule is CNC(=O)c1ccc(C2=C3C=C(C(=O)N(CCO)c4ccc(C#N)cc4)C=CN3NC2)cc1. The largest absolute Gasteiger partial charge is 0.395 e. The van der Waals surface area contributed by atoms with Gasteiger partial charge in [-0.1, -0.05) is 12.1 Å². The molecule has 0 spiro atoms.